The topological polar surface area (TPSA) is 23.8 Å². The summed E-state index contributed by atoms with van der Waals surface area (Å²) >= 11 is 0. The molecule has 0 rings (SSSR count). The van der Waals surface area contributed by atoms with Crippen molar-refractivity contribution in [1.29, 1.82) is 5.26 Å². The highest BCUT2D eigenvalue weighted by molar-refractivity contribution is 5.05. The third-order valence-corrected chi connectivity index (χ3v) is 0.658. The van der Waals surface area contributed by atoms with Crippen LogP contribution in [0.3, 0.4) is 0 Å². The Labute approximate surface area is 50.6 Å². The van der Waals surface area contributed by atoms with Crippen molar-refractivity contribution >= 4 is 0 Å². The maximum absolute atomic E-state index is 8.09. The van der Waals surface area contributed by atoms with Gasteiger partial charge in [0.1, 0.15) is 0 Å². The van der Waals surface area contributed by atoms with Crippen molar-refractivity contribution in [3.63, 3.8) is 0 Å². The molecule has 0 spiro atoms. The molecular weight excluding hydrogens is 98.1 g/mol. The summed E-state index contributed by atoms with van der Waals surface area (Å²) in [6, 6.07) is 1.94. The Hall–Kier alpha value is -0.770. The molecule has 0 heterocycles. The second-order valence-corrected chi connectivity index (χ2v) is 2.83. The molecule has 0 unspecified atom stereocenters. The Morgan fingerprint density at radius 2 is 1.88 bits per heavy atom. The van der Waals surface area contributed by atoms with Crippen molar-refractivity contribution in [3.05, 3.63) is 12.2 Å². The SMILES string of the molecule is CC(C)(C)/C=C/C#N. The van der Waals surface area contributed by atoms with E-state index in [2.05, 4.69) is 20.8 Å². The van der Waals surface area contributed by atoms with Gasteiger partial charge in [0.2, 0.25) is 0 Å². The minimum atomic E-state index is 0.149. The fraction of sp³-hybridized carbons (Fsp3) is 0.571. The van der Waals surface area contributed by atoms with Gasteiger partial charge < -0.3 is 0 Å². The molecule has 0 fully saturated rings. The largest absolute Gasteiger partial charge is 0.193 e. The highest BCUT2D eigenvalue weighted by Crippen LogP contribution is 2.13. The van der Waals surface area contributed by atoms with Gasteiger partial charge in [0.15, 0.2) is 0 Å². The number of allylic oxidation sites excluding steroid dienone is 2. The van der Waals surface area contributed by atoms with Crippen LogP contribution >= 0.6 is 0 Å². The Morgan fingerprint density at radius 1 is 1.38 bits per heavy atom. The van der Waals surface area contributed by atoms with E-state index in [0.717, 1.165) is 0 Å². The number of hydrogen-bond acceptors (Lipinski definition) is 1. The van der Waals surface area contributed by atoms with Gasteiger partial charge in [-0.1, -0.05) is 26.8 Å². The van der Waals surface area contributed by atoms with Crippen molar-refractivity contribution in [2.24, 2.45) is 5.41 Å². The second kappa shape index (κ2) is 2.52. The lowest BCUT2D eigenvalue weighted by atomic mass is 9.97. The van der Waals surface area contributed by atoms with Crippen LogP contribution in [-0.2, 0) is 0 Å². The third kappa shape index (κ3) is 5.23. The molecule has 1 heteroatoms. The zero-order valence-corrected chi connectivity index (χ0v) is 5.60. The van der Waals surface area contributed by atoms with E-state index in [-0.39, 0.29) is 5.41 Å². The van der Waals surface area contributed by atoms with Gasteiger partial charge in [-0.25, -0.2) is 0 Å². The zero-order chi connectivity index (χ0) is 6.62. The van der Waals surface area contributed by atoms with Crippen LogP contribution in [0, 0.1) is 16.7 Å². The zero-order valence-electron chi connectivity index (χ0n) is 5.60. The van der Waals surface area contributed by atoms with E-state index < -0.39 is 0 Å². The monoisotopic (exact) mass is 109 g/mol. The lowest BCUT2D eigenvalue weighted by Crippen LogP contribution is -1.97. The number of rotatable bonds is 0. The van der Waals surface area contributed by atoms with Crippen molar-refractivity contribution in [3.8, 4) is 6.07 Å². The Kier molecular flexibility index (Phi) is 2.27. The van der Waals surface area contributed by atoms with Gasteiger partial charge in [0.05, 0.1) is 6.07 Å². The van der Waals surface area contributed by atoms with E-state index in [1.165, 1.54) is 6.08 Å². The molecule has 0 aliphatic carbocycles. The Morgan fingerprint density at radius 3 is 2.00 bits per heavy atom. The average molecular weight is 109 g/mol. The molecule has 0 N–H and O–H groups in total. The minimum Gasteiger partial charge on any atom is -0.193 e. The average Bonchev–Trinajstić information content (AvgIpc) is 1.59. The van der Waals surface area contributed by atoms with Gasteiger partial charge in [-0.05, 0) is 5.41 Å². The van der Waals surface area contributed by atoms with E-state index >= 15 is 0 Å². The van der Waals surface area contributed by atoms with E-state index in [9.17, 15) is 0 Å². The highest BCUT2D eigenvalue weighted by Gasteiger charge is 2.01. The molecule has 1 nitrogen and oxygen atoms in total. The van der Waals surface area contributed by atoms with Gasteiger partial charge in [-0.3, -0.25) is 0 Å². The molecule has 8 heavy (non-hydrogen) atoms. The molecule has 44 valence electrons. The molecule has 0 saturated carbocycles. The molecule has 0 aliphatic heterocycles. The summed E-state index contributed by atoms with van der Waals surface area (Å²) in [4.78, 5) is 0. The number of nitriles is 1. The molecule has 0 radical (unpaired) electrons. The van der Waals surface area contributed by atoms with Crippen molar-refractivity contribution in [2.75, 3.05) is 0 Å². The number of nitrogens with zero attached hydrogens (tertiary/aromatic N) is 1. The van der Waals surface area contributed by atoms with Crippen LogP contribution in [0.5, 0.6) is 0 Å². The molecule has 0 amide bonds. The summed E-state index contributed by atoms with van der Waals surface area (Å²) in [5.41, 5.74) is 0.149. The smallest absolute Gasteiger partial charge is 0.0908 e. The van der Waals surface area contributed by atoms with Crippen LogP contribution in [0.15, 0.2) is 12.2 Å². The summed E-state index contributed by atoms with van der Waals surface area (Å²) in [5, 5.41) is 8.09. The molecule has 0 aliphatic rings. The van der Waals surface area contributed by atoms with E-state index in [1.807, 2.05) is 12.1 Å². The molecule has 0 aromatic heterocycles. The Balaban J connectivity index is 3.75. The fourth-order valence-corrected chi connectivity index (χ4v) is 0.287. The molecule has 0 aromatic carbocycles. The first kappa shape index (κ1) is 7.23. The van der Waals surface area contributed by atoms with Crippen molar-refractivity contribution in [2.45, 2.75) is 20.8 Å². The van der Waals surface area contributed by atoms with E-state index in [4.69, 9.17) is 5.26 Å². The van der Waals surface area contributed by atoms with Crippen LogP contribution in [0.25, 0.3) is 0 Å². The number of hydrogen-bond donors (Lipinski definition) is 0. The van der Waals surface area contributed by atoms with Crippen LogP contribution in [0.1, 0.15) is 20.8 Å². The molecule has 0 aromatic rings. The Bertz CT molecular complexity index is 120. The van der Waals surface area contributed by atoms with E-state index in [1.54, 1.807) is 0 Å². The molecular formula is C7H11N. The van der Waals surface area contributed by atoms with Gasteiger partial charge in [-0.2, -0.15) is 5.26 Å². The summed E-state index contributed by atoms with van der Waals surface area (Å²) in [7, 11) is 0. The minimum absolute atomic E-state index is 0.149. The summed E-state index contributed by atoms with van der Waals surface area (Å²) in [5.74, 6) is 0. The summed E-state index contributed by atoms with van der Waals surface area (Å²) in [6.45, 7) is 6.17. The lowest BCUT2D eigenvalue weighted by Gasteiger charge is -2.08. The predicted molar refractivity (Wildman–Crippen MR) is 34.2 cm³/mol. The van der Waals surface area contributed by atoms with Crippen LogP contribution in [0.4, 0.5) is 0 Å². The van der Waals surface area contributed by atoms with Crippen LogP contribution in [0.2, 0.25) is 0 Å². The molecule has 0 saturated heterocycles. The fourth-order valence-electron chi connectivity index (χ4n) is 0.287. The first-order chi connectivity index (χ1) is 3.56. The van der Waals surface area contributed by atoms with Crippen molar-refractivity contribution in [1.82, 2.24) is 0 Å². The van der Waals surface area contributed by atoms with Crippen LogP contribution < -0.4 is 0 Å². The van der Waals surface area contributed by atoms with Gasteiger partial charge in [0.25, 0.3) is 0 Å². The maximum Gasteiger partial charge on any atom is 0.0908 e. The van der Waals surface area contributed by atoms with E-state index in [0.29, 0.717) is 0 Å². The predicted octanol–water partition coefficient (Wildman–Crippen LogP) is 2.11. The normalized spacial score (nSPS) is 11.8. The maximum atomic E-state index is 8.09. The second-order valence-electron chi connectivity index (χ2n) is 2.83. The van der Waals surface area contributed by atoms with Gasteiger partial charge in [0, 0.05) is 6.08 Å². The first-order valence-electron chi connectivity index (χ1n) is 2.63. The quantitative estimate of drug-likeness (QED) is 0.437. The summed E-state index contributed by atoms with van der Waals surface area (Å²) in [6.07, 6.45) is 3.40. The van der Waals surface area contributed by atoms with Crippen molar-refractivity contribution < 1.29 is 0 Å². The van der Waals surface area contributed by atoms with Gasteiger partial charge in [-0.15, -0.1) is 0 Å². The summed E-state index contributed by atoms with van der Waals surface area (Å²) < 4.78 is 0. The third-order valence-electron chi connectivity index (χ3n) is 0.658. The first-order valence-corrected chi connectivity index (χ1v) is 2.63. The molecule has 0 atom stereocenters. The highest BCUT2D eigenvalue weighted by atomic mass is 14.2. The molecule has 0 bridgehead atoms. The lowest BCUT2D eigenvalue weighted by molar-refractivity contribution is 0.544. The van der Waals surface area contributed by atoms with Crippen LogP contribution in [-0.4, -0.2) is 0 Å². The standard InChI is InChI=1S/C7H11N/c1-7(2,3)5-4-6-8/h4-5H,1-3H3/b5-4+. The van der Waals surface area contributed by atoms with Gasteiger partial charge >= 0.3 is 0 Å².